The number of rotatable bonds is 3. The van der Waals surface area contributed by atoms with Gasteiger partial charge in [0.25, 0.3) is 0 Å². The summed E-state index contributed by atoms with van der Waals surface area (Å²) in [6.07, 6.45) is 10.2. The highest BCUT2D eigenvalue weighted by Crippen LogP contribution is 2.46. The zero-order valence-corrected chi connectivity index (χ0v) is 14.2. The zero-order valence-electron chi connectivity index (χ0n) is 12.7. The first kappa shape index (κ1) is 15.6. The van der Waals surface area contributed by atoms with Crippen LogP contribution in [0.1, 0.15) is 32.3 Å². The lowest BCUT2D eigenvalue weighted by molar-refractivity contribution is 0.803. The van der Waals surface area contributed by atoms with Crippen LogP contribution in [0.25, 0.3) is 0 Å². The Hall–Kier alpha value is -1.32. The number of fused-ring (bicyclic) bond motifs is 1. The summed E-state index contributed by atoms with van der Waals surface area (Å²) >= 11 is 12.5. The smallest absolute Gasteiger partial charge is 0.135 e. The van der Waals surface area contributed by atoms with E-state index in [4.69, 9.17) is 28.9 Å². The van der Waals surface area contributed by atoms with E-state index in [1.165, 1.54) is 30.0 Å². The topological polar surface area (TPSA) is 51.3 Å². The summed E-state index contributed by atoms with van der Waals surface area (Å²) in [6.45, 7) is 4.20. The van der Waals surface area contributed by atoms with Crippen molar-refractivity contribution in [1.82, 2.24) is 4.98 Å². The van der Waals surface area contributed by atoms with E-state index < -0.39 is 0 Å². The first-order valence-electron chi connectivity index (χ1n) is 7.49. The van der Waals surface area contributed by atoms with Gasteiger partial charge in [-0.25, -0.2) is 0 Å². The number of allylic oxidation sites excluding steroid dienone is 2. The molecule has 1 heterocycles. The minimum atomic E-state index is -0.0233. The fourth-order valence-corrected chi connectivity index (χ4v) is 3.74. The molecule has 2 aliphatic carbocycles. The fourth-order valence-electron chi connectivity index (χ4n) is 3.07. The van der Waals surface area contributed by atoms with Crippen molar-refractivity contribution in [3.8, 4) is 0 Å². The summed E-state index contributed by atoms with van der Waals surface area (Å²) in [7, 11) is 0. The maximum Gasteiger partial charge on any atom is 0.135 e. The maximum absolute atomic E-state index is 6.37. The molecule has 1 unspecified atom stereocenters. The first-order valence-corrected chi connectivity index (χ1v) is 8.24. The average Bonchev–Trinajstić information content (AvgIpc) is 3.16. The molecule has 1 aromatic heterocycles. The number of halogens is 2. The molecular weight excluding hydrogens is 317 g/mol. The number of nitrogens with two attached hydrogens (primary N) is 1. The summed E-state index contributed by atoms with van der Waals surface area (Å²) in [5.41, 5.74) is 9.46. The lowest BCUT2D eigenvalue weighted by Crippen LogP contribution is -2.09. The average molecular weight is 336 g/mol. The third kappa shape index (κ3) is 3.06. The second-order valence-corrected chi connectivity index (χ2v) is 6.85. The molecule has 116 valence electrons. The summed E-state index contributed by atoms with van der Waals surface area (Å²) in [5.74, 6) is 1.58. The van der Waals surface area contributed by atoms with E-state index in [0.717, 1.165) is 18.3 Å². The van der Waals surface area contributed by atoms with Gasteiger partial charge in [0.2, 0.25) is 0 Å². The lowest BCUT2D eigenvalue weighted by Gasteiger charge is -2.14. The molecule has 5 heteroatoms. The lowest BCUT2D eigenvalue weighted by atomic mass is 10.00. The minimum absolute atomic E-state index is 0.0233. The van der Waals surface area contributed by atoms with Crippen molar-refractivity contribution in [1.29, 1.82) is 0 Å². The van der Waals surface area contributed by atoms with E-state index in [2.05, 4.69) is 29.1 Å². The van der Waals surface area contributed by atoms with E-state index in [1.807, 2.05) is 6.92 Å². The minimum Gasteiger partial charge on any atom is -0.397 e. The van der Waals surface area contributed by atoms with E-state index in [1.54, 1.807) is 0 Å². The summed E-state index contributed by atoms with van der Waals surface area (Å²) in [5, 5.41) is 0.754. The molecule has 1 saturated carbocycles. The molecule has 2 N–H and O–H groups in total. The van der Waals surface area contributed by atoms with Crippen LogP contribution in [0.15, 0.2) is 40.7 Å². The largest absolute Gasteiger partial charge is 0.397 e. The summed E-state index contributed by atoms with van der Waals surface area (Å²) in [4.78, 5) is 8.55. The molecule has 0 bridgehead atoms. The number of hydrogen-bond acceptors (Lipinski definition) is 3. The molecule has 0 radical (unpaired) electrons. The number of pyridine rings is 1. The van der Waals surface area contributed by atoms with Gasteiger partial charge < -0.3 is 5.73 Å². The Morgan fingerprint density at radius 3 is 2.95 bits per heavy atom. The molecule has 3 rings (SSSR count). The van der Waals surface area contributed by atoms with Crippen molar-refractivity contribution in [3.63, 3.8) is 0 Å². The quantitative estimate of drug-likeness (QED) is 0.820. The molecule has 1 fully saturated rings. The standard InChI is InChI=1S/C17H19Cl2N3/c1-9-5-12-6-11(12)3-4-13(9)10(2)22-17(19)16-14(18)7-21-8-15(16)20/h4-5,7-8,10-12H,3,6,20H2,1-2H3/t10?,11-,12-/m0/s1. The van der Waals surface area contributed by atoms with Crippen molar-refractivity contribution in [2.75, 3.05) is 5.73 Å². The predicted octanol–water partition coefficient (Wildman–Crippen LogP) is 4.60. The van der Waals surface area contributed by atoms with Gasteiger partial charge in [-0.05, 0) is 49.7 Å². The van der Waals surface area contributed by atoms with Gasteiger partial charge in [-0.1, -0.05) is 35.4 Å². The second-order valence-electron chi connectivity index (χ2n) is 6.09. The number of hydrogen-bond donors (Lipinski definition) is 1. The highest BCUT2D eigenvalue weighted by molar-refractivity contribution is 6.71. The third-order valence-corrected chi connectivity index (χ3v) is 5.00. The number of anilines is 1. The molecule has 0 aliphatic heterocycles. The van der Waals surface area contributed by atoms with Crippen LogP contribution in [-0.2, 0) is 0 Å². The van der Waals surface area contributed by atoms with Gasteiger partial charge >= 0.3 is 0 Å². The van der Waals surface area contributed by atoms with Gasteiger partial charge in [-0.15, -0.1) is 0 Å². The molecule has 0 spiro atoms. The Labute approximate surface area is 140 Å². The van der Waals surface area contributed by atoms with Gasteiger partial charge in [0, 0.05) is 6.20 Å². The summed E-state index contributed by atoms with van der Waals surface area (Å²) in [6, 6.07) is -0.0233. The maximum atomic E-state index is 6.37. The molecule has 0 amide bonds. The second kappa shape index (κ2) is 6.05. The number of nitrogens with zero attached hydrogens (tertiary/aromatic N) is 2. The van der Waals surface area contributed by atoms with E-state index in [-0.39, 0.29) is 6.04 Å². The van der Waals surface area contributed by atoms with Crippen molar-refractivity contribution in [3.05, 3.63) is 46.3 Å². The van der Waals surface area contributed by atoms with Crippen molar-refractivity contribution in [2.45, 2.75) is 32.7 Å². The van der Waals surface area contributed by atoms with Crippen LogP contribution < -0.4 is 5.73 Å². The van der Waals surface area contributed by atoms with Crippen LogP contribution >= 0.6 is 23.2 Å². The first-order chi connectivity index (χ1) is 10.5. The van der Waals surface area contributed by atoms with Crippen molar-refractivity contribution >= 4 is 34.1 Å². The monoisotopic (exact) mass is 335 g/mol. The highest BCUT2D eigenvalue weighted by atomic mass is 35.5. The molecule has 0 aromatic carbocycles. The summed E-state index contributed by atoms with van der Waals surface area (Å²) < 4.78 is 0. The van der Waals surface area contributed by atoms with Gasteiger partial charge in [-0.2, -0.15) is 0 Å². The normalized spacial score (nSPS) is 25.7. The van der Waals surface area contributed by atoms with Crippen molar-refractivity contribution < 1.29 is 0 Å². The third-order valence-electron chi connectivity index (χ3n) is 4.43. The van der Waals surface area contributed by atoms with Crippen LogP contribution in [-0.4, -0.2) is 16.2 Å². The number of aliphatic imine (C=N–C) groups is 1. The molecule has 0 saturated heterocycles. The van der Waals surface area contributed by atoms with Crippen LogP contribution in [0.3, 0.4) is 0 Å². The Balaban J connectivity index is 1.88. The molecule has 2 aliphatic rings. The van der Waals surface area contributed by atoms with Gasteiger partial charge in [-0.3, -0.25) is 9.98 Å². The van der Waals surface area contributed by atoms with Gasteiger partial charge in [0.05, 0.1) is 28.5 Å². The molecule has 1 aromatic rings. The molecular formula is C17H19Cl2N3. The molecule has 3 nitrogen and oxygen atoms in total. The number of nitrogen functional groups attached to an aromatic ring is 1. The van der Waals surface area contributed by atoms with Crippen molar-refractivity contribution in [2.24, 2.45) is 16.8 Å². The SMILES string of the molecule is CC1=C[C@H]2C[C@@H]2CC=C1C(C)N=C(Cl)c1c(N)cncc1Cl. The highest BCUT2D eigenvalue weighted by Gasteiger charge is 2.36. The fraction of sp³-hybridized carbons (Fsp3) is 0.412. The van der Waals surface area contributed by atoms with E-state index in [9.17, 15) is 0 Å². The Morgan fingerprint density at radius 2 is 2.23 bits per heavy atom. The molecule has 3 atom stereocenters. The van der Waals surface area contributed by atoms with Crippen LogP contribution in [0, 0.1) is 11.8 Å². The molecule has 22 heavy (non-hydrogen) atoms. The van der Waals surface area contributed by atoms with Gasteiger partial charge in [0.15, 0.2) is 0 Å². The Bertz CT molecular complexity index is 671. The zero-order chi connectivity index (χ0) is 15.9. The van der Waals surface area contributed by atoms with E-state index >= 15 is 0 Å². The van der Waals surface area contributed by atoms with Crippen LogP contribution in [0.2, 0.25) is 5.02 Å². The van der Waals surface area contributed by atoms with Crippen LogP contribution in [0.5, 0.6) is 0 Å². The van der Waals surface area contributed by atoms with E-state index in [0.29, 0.717) is 21.4 Å². The predicted molar refractivity (Wildman–Crippen MR) is 93.6 cm³/mol. The van der Waals surface area contributed by atoms with Gasteiger partial charge in [0.1, 0.15) is 5.17 Å². The Morgan fingerprint density at radius 1 is 1.45 bits per heavy atom. The van der Waals surface area contributed by atoms with Crippen LogP contribution in [0.4, 0.5) is 5.69 Å². The number of aromatic nitrogens is 1. The Kier molecular flexibility index (Phi) is 4.28.